The first-order valence-corrected chi connectivity index (χ1v) is 3.83. The smallest absolute Gasteiger partial charge is 0.197 e. The second-order valence-corrected chi connectivity index (χ2v) is 2.49. The zero-order chi connectivity index (χ0) is 10.1. The van der Waals surface area contributed by atoms with Crippen molar-refractivity contribution in [2.24, 2.45) is 0 Å². The SMILES string of the molecule is [Na+].n1nc(-c2n[nH]nc2-c2nn[nH]n2)n[nH]1. The molecule has 3 rings (SSSR count). The predicted molar refractivity (Wildman–Crippen MR) is 42.7 cm³/mol. The van der Waals surface area contributed by atoms with Crippen molar-refractivity contribution >= 4 is 0 Å². The summed E-state index contributed by atoms with van der Waals surface area (Å²) in [7, 11) is 0. The van der Waals surface area contributed by atoms with Crippen LogP contribution in [0.15, 0.2) is 0 Å². The van der Waals surface area contributed by atoms with Gasteiger partial charge in [-0.05, 0) is 10.4 Å². The minimum absolute atomic E-state index is 0. The molecule has 0 atom stereocenters. The van der Waals surface area contributed by atoms with Crippen LogP contribution in [0.5, 0.6) is 0 Å². The Balaban J connectivity index is 0.000000963. The molecule has 3 heterocycles. The summed E-state index contributed by atoms with van der Waals surface area (Å²) < 4.78 is 0. The number of aromatic amines is 3. The molecule has 3 N–H and O–H groups in total. The van der Waals surface area contributed by atoms with E-state index in [1.54, 1.807) is 0 Å². The molecule has 3 aromatic rings. The van der Waals surface area contributed by atoms with Gasteiger partial charge in [-0.15, -0.1) is 20.4 Å². The number of nitrogens with one attached hydrogen (secondary N) is 3. The molecule has 3 aromatic heterocycles. The molecule has 0 aromatic carbocycles. The van der Waals surface area contributed by atoms with Gasteiger partial charge in [-0.3, -0.25) is 0 Å². The summed E-state index contributed by atoms with van der Waals surface area (Å²) in [6, 6.07) is 0. The summed E-state index contributed by atoms with van der Waals surface area (Å²) in [6.07, 6.45) is 0. The largest absolute Gasteiger partial charge is 1.00 e. The Hall–Kier alpha value is -1.72. The Bertz CT molecular complexity index is 488. The summed E-state index contributed by atoms with van der Waals surface area (Å²) >= 11 is 0. The van der Waals surface area contributed by atoms with Crippen molar-refractivity contribution in [1.82, 2.24) is 56.7 Å². The van der Waals surface area contributed by atoms with Gasteiger partial charge in [0.15, 0.2) is 11.4 Å². The Kier molecular flexibility index (Phi) is 2.98. The number of hydrogen-bond acceptors (Lipinski definition) is 8. The molecular weight excluding hydrogens is 225 g/mol. The zero-order valence-electron chi connectivity index (χ0n) is 8.08. The van der Waals surface area contributed by atoms with Crippen molar-refractivity contribution in [3.05, 3.63) is 0 Å². The molecular formula is C4H3N11Na+. The molecule has 74 valence electrons. The van der Waals surface area contributed by atoms with E-state index in [-0.39, 0.29) is 29.6 Å². The minimum atomic E-state index is 0. The van der Waals surface area contributed by atoms with Crippen molar-refractivity contribution in [1.29, 1.82) is 0 Å². The molecule has 0 bridgehead atoms. The topological polar surface area (TPSA) is 150 Å². The average Bonchev–Trinajstić information content (AvgIpc) is 3.01. The van der Waals surface area contributed by atoms with Crippen molar-refractivity contribution in [2.45, 2.75) is 0 Å². The van der Waals surface area contributed by atoms with Crippen molar-refractivity contribution in [3.63, 3.8) is 0 Å². The number of hydrogen-bond donors (Lipinski definition) is 3. The van der Waals surface area contributed by atoms with Gasteiger partial charge >= 0.3 is 29.6 Å². The van der Waals surface area contributed by atoms with Crippen LogP contribution in [0.1, 0.15) is 0 Å². The van der Waals surface area contributed by atoms with Crippen LogP contribution < -0.4 is 29.6 Å². The van der Waals surface area contributed by atoms with Crippen LogP contribution in [0.2, 0.25) is 0 Å². The van der Waals surface area contributed by atoms with Gasteiger partial charge in [-0.1, -0.05) is 0 Å². The first-order valence-electron chi connectivity index (χ1n) is 3.83. The molecule has 0 saturated heterocycles. The van der Waals surface area contributed by atoms with Gasteiger partial charge in [-0.2, -0.15) is 25.8 Å². The molecule has 0 fully saturated rings. The summed E-state index contributed by atoms with van der Waals surface area (Å²) in [5.41, 5.74) is 0.815. The summed E-state index contributed by atoms with van der Waals surface area (Å²) in [5, 5.41) is 36.7. The van der Waals surface area contributed by atoms with Crippen LogP contribution in [-0.4, -0.2) is 56.7 Å². The van der Waals surface area contributed by atoms with Crippen LogP contribution in [0.3, 0.4) is 0 Å². The van der Waals surface area contributed by atoms with Gasteiger partial charge in [0, 0.05) is 0 Å². The van der Waals surface area contributed by atoms with Gasteiger partial charge in [0.1, 0.15) is 0 Å². The zero-order valence-corrected chi connectivity index (χ0v) is 10.1. The van der Waals surface area contributed by atoms with Crippen molar-refractivity contribution in [2.75, 3.05) is 0 Å². The molecule has 0 aliphatic carbocycles. The Morgan fingerprint density at radius 2 is 1.12 bits per heavy atom. The molecule has 0 aliphatic rings. The molecule has 12 heteroatoms. The number of H-pyrrole nitrogens is 3. The van der Waals surface area contributed by atoms with Gasteiger partial charge in [0.25, 0.3) is 0 Å². The summed E-state index contributed by atoms with van der Waals surface area (Å²) in [4.78, 5) is 0. The minimum Gasteiger partial charge on any atom is -0.197 e. The standard InChI is InChI=1S/C4H3N11.Na/c5-1(3-7-12-13-8-3)2(6-11-5)4-9-14-15-10-4;/h(H,5,6,11)(H,7,8,12,13)(H,9,10,14,15);/q;+1. The molecule has 16 heavy (non-hydrogen) atoms. The second-order valence-electron chi connectivity index (χ2n) is 2.49. The van der Waals surface area contributed by atoms with E-state index in [0.29, 0.717) is 23.0 Å². The van der Waals surface area contributed by atoms with E-state index in [1.807, 2.05) is 0 Å². The Labute approximate surface area is 109 Å². The Morgan fingerprint density at radius 1 is 0.625 bits per heavy atom. The third-order valence-electron chi connectivity index (χ3n) is 1.66. The summed E-state index contributed by atoms with van der Waals surface area (Å²) in [6.45, 7) is 0. The first kappa shape index (κ1) is 10.8. The molecule has 11 nitrogen and oxygen atoms in total. The molecule has 0 aliphatic heterocycles. The third-order valence-corrected chi connectivity index (χ3v) is 1.66. The van der Waals surface area contributed by atoms with E-state index >= 15 is 0 Å². The van der Waals surface area contributed by atoms with E-state index in [9.17, 15) is 0 Å². The molecule has 0 amide bonds. The predicted octanol–water partition coefficient (Wildman–Crippen LogP) is -4.83. The van der Waals surface area contributed by atoms with E-state index in [2.05, 4.69) is 56.7 Å². The van der Waals surface area contributed by atoms with Crippen LogP contribution in [-0.2, 0) is 0 Å². The van der Waals surface area contributed by atoms with Gasteiger partial charge in [0.2, 0.25) is 11.6 Å². The van der Waals surface area contributed by atoms with Crippen molar-refractivity contribution < 1.29 is 29.6 Å². The van der Waals surface area contributed by atoms with Gasteiger partial charge in [-0.25, -0.2) is 0 Å². The fraction of sp³-hybridized carbons (Fsp3) is 0. The van der Waals surface area contributed by atoms with Gasteiger partial charge in [0.05, 0.1) is 0 Å². The fourth-order valence-electron chi connectivity index (χ4n) is 1.07. The van der Waals surface area contributed by atoms with E-state index in [0.717, 1.165) is 0 Å². The van der Waals surface area contributed by atoms with Crippen LogP contribution in [0.4, 0.5) is 0 Å². The first-order chi connectivity index (χ1) is 7.45. The fourth-order valence-corrected chi connectivity index (χ4v) is 1.07. The maximum absolute atomic E-state index is 3.87. The van der Waals surface area contributed by atoms with Crippen LogP contribution in [0, 0.1) is 0 Å². The molecule has 0 radical (unpaired) electrons. The number of rotatable bonds is 2. The van der Waals surface area contributed by atoms with E-state index < -0.39 is 0 Å². The van der Waals surface area contributed by atoms with Crippen molar-refractivity contribution in [3.8, 4) is 23.0 Å². The maximum atomic E-state index is 3.87. The summed E-state index contributed by atoms with van der Waals surface area (Å²) in [5.74, 6) is 0.618. The van der Waals surface area contributed by atoms with Crippen LogP contribution in [0.25, 0.3) is 23.0 Å². The monoisotopic (exact) mass is 228 g/mol. The number of aromatic nitrogens is 11. The maximum Gasteiger partial charge on any atom is 1.00 e. The average molecular weight is 228 g/mol. The second kappa shape index (κ2) is 4.42. The number of tetrazole rings is 2. The normalized spacial score (nSPS) is 10.0. The van der Waals surface area contributed by atoms with Crippen LogP contribution >= 0.6 is 0 Å². The Morgan fingerprint density at radius 3 is 1.50 bits per heavy atom. The molecule has 0 saturated carbocycles. The number of nitrogens with zero attached hydrogens (tertiary/aromatic N) is 8. The molecule has 0 spiro atoms. The van der Waals surface area contributed by atoms with E-state index in [4.69, 9.17) is 0 Å². The quantitative estimate of drug-likeness (QED) is 0.369. The van der Waals surface area contributed by atoms with E-state index in [1.165, 1.54) is 0 Å². The third kappa shape index (κ3) is 1.70. The molecule has 0 unspecified atom stereocenters. The van der Waals surface area contributed by atoms with Gasteiger partial charge < -0.3 is 0 Å².